The van der Waals surface area contributed by atoms with Crippen LogP contribution in [0.4, 0.5) is 0 Å². The van der Waals surface area contributed by atoms with E-state index < -0.39 is 5.91 Å². The largest absolute Gasteiger partial charge is 0.493 e. The van der Waals surface area contributed by atoms with E-state index in [-0.39, 0.29) is 5.89 Å². The number of aromatic nitrogens is 3. The normalized spacial score (nSPS) is 10.9. The van der Waals surface area contributed by atoms with E-state index in [1.165, 1.54) is 0 Å². The van der Waals surface area contributed by atoms with E-state index in [2.05, 4.69) is 15.3 Å². The van der Waals surface area contributed by atoms with Gasteiger partial charge >= 0.3 is 11.8 Å². The van der Waals surface area contributed by atoms with Crippen molar-refractivity contribution in [2.45, 2.75) is 33.6 Å². The summed E-state index contributed by atoms with van der Waals surface area (Å²) >= 11 is 0. The highest BCUT2D eigenvalue weighted by Gasteiger charge is 2.15. The minimum atomic E-state index is -0.751. The first-order valence-corrected chi connectivity index (χ1v) is 8.24. The molecule has 0 fully saturated rings. The summed E-state index contributed by atoms with van der Waals surface area (Å²) in [5.41, 5.74) is 8.64. The van der Waals surface area contributed by atoms with E-state index in [1.54, 1.807) is 0 Å². The van der Waals surface area contributed by atoms with E-state index in [4.69, 9.17) is 19.5 Å². The quantitative estimate of drug-likeness (QED) is 0.647. The minimum Gasteiger partial charge on any atom is -0.493 e. The maximum Gasteiger partial charge on any atom is 0.316 e. The average Bonchev–Trinajstić information content (AvgIpc) is 3.22. The molecule has 1 aromatic carbocycles. The Labute approximate surface area is 150 Å². The van der Waals surface area contributed by atoms with Crippen LogP contribution in [0.3, 0.4) is 0 Å². The topological polar surface area (TPSA) is 117 Å². The number of ether oxygens (including phenoxy) is 1. The molecule has 8 nitrogen and oxygen atoms in total. The van der Waals surface area contributed by atoms with Gasteiger partial charge in [-0.2, -0.15) is 4.98 Å². The predicted molar refractivity (Wildman–Crippen MR) is 92.8 cm³/mol. The van der Waals surface area contributed by atoms with Gasteiger partial charge in [0.15, 0.2) is 0 Å². The van der Waals surface area contributed by atoms with Crippen molar-refractivity contribution in [1.29, 1.82) is 0 Å². The molecule has 0 spiro atoms. The molecule has 26 heavy (non-hydrogen) atoms. The summed E-state index contributed by atoms with van der Waals surface area (Å²) < 4.78 is 15.9. The van der Waals surface area contributed by atoms with Gasteiger partial charge in [0.25, 0.3) is 0 Å². The van der Waals surface area contributed by atoms with E-state index in [0.717, 1.165) is 46.7 Å². The Morgan fingerprint density at radius 2 is 1.85 bits per heavy atom. The minimum absolute atomic E-state index is 0.210. The van der Waals surface area contributed by atoms with Crippen LogP contribution in [0.1, 0.15) is 39.7 Å². The molecule has 3 aromatic rings. The van der Waals surface area contributed by atoms with Crippen LogP contribution in [0.2, 0.25) is 0 Å². The van der Waals surface area contributed by atoms with Crippen LogP contribution >= 0.6 is 0 Å². The van der Waals surface area contributed by atoms with Crippen LogP contribution in [-0.2, 0) is 6.42 Å². The molecule has 0 bridgehead atoms. The fraction of sp³-hybridized carbons (Fsp3) is 0.333. The Bertz CT molecular complexity index is 906. The number of rotatable bonds is 7. The lowest BCUT2D eigenvalue weighted by atomic mass is 10.1. The lowest BCUT2D eigenvalue weighted by Crippen LogP contribution is -2.11. The molecule has 2 heterocycles. The van der Waals surface area contributed by atoms with Crippen LogP contribution in [0.15, 0.2) is 27.2 Å². The van der Waals surface area contributed by atoms with Gasteiger partial charge in [0.05, 0.1) is 12.3 Å². The van der Waals surface area contributed by atoms with Crippen molar-refractivity contribution in [2.24, 2.45) is 5.73 Å². The van der Waals surface area contributed by atoms with E-state index in [0.29, 0.717) is 12.4 Å². The molecule has 0 aliphatic heterocycles. The van der Waals surface area contributed by atoms with Crippen LogP contribution < -0.4 is 10.5 Å². The first-order valence-electron chi connectivity index (χ1n) is 8.24. The number of primary amides is 1. The molecule has 2 aromatic heterocycles. The molecule has 0 aliphatic rings. The number of carbonyl (C=O) groups is 1. The summed E-state index contributed by atoms with van der Waals surface area (Å²) in [5.74, 6) is 1.04. The number of nitrogens with zero attached hydrogens (tertiary/aromatic N) is 3. The lowest BCUT2D eigenvalue weighted by molar-refractivity contribution is 0.0958. The fourth-order valence-electron chi connectivity index (χ4n) is 2.70. The summed E-state index contributed by atoms with van der Waals surface area (Å²) in [7, 11) is 0. The zero-order valence-corrected chi connectivity index (χ0v) is 14.9. The van der Waals surface area contributed by atoms with Crippen LogP contribution in [0.25, 0.3) is 11.4 Å². The van der Waals surface area contributed by atoms with Crippen LogP contribution in [0, 0.1) is 20.8 Å². The number of amides is 1. The molecule has 136 valence electrons. The molecule has 8 heteroatoms. The second-order valence-corrected chi connectivity index (χ2v) is 6.11. The van der Waals surface area contributed by atoms with Crippen molar-refractivity contribution in [3.05, 3.63) is 46.7 Å². The van der Waals surface area contributed by atoms with Gasteiger partial charge in [-0.15, -0.1) is 0 Å². The summed E-state index contributed by atoms with van der Waals surface area (Å²) in [5, 5.41) is 7.66. The molecular formula is C18H20N4O4. The van der Waals surface area contributed by atoms with Crippen molar-refractivity contribution in [2.75, 3.05) is 6.61 Å². The van der Waals surface area contributed by atoms with Crippen LogP contribution in [0.5, 0.6) is 5.75 Å². The van der Waals surface area contributed by atoms with Gasteiger partial charge in [-0.1, -0.05) is 10.3 Å². The molecular weight excluding hydrogens is 336 g/mol. The number of carbonyl (C=O) groups excluding carboxylic acids is 1. The highest BCUT2D eigenvalue weighted by Crippen LogP contribution is 2.29. The molecule has 2 N–H and O–H groups in total. The number of hydrogen-bond donors (Lipinski definition) is 1. The molecule has 0 atom stereocenters. The Morgan fingerprint density at radius 1 is 1.12 bits per heavy atom. The van der Waals surface area contributed by atoms with Crippen molar-refractivity contribution in [1.82, 2.24) is 15.3 Å². The second-order valence-electron chi connectivity index (χ2n) is 6.11. The average molecular weight is 356 g/mol. The third-order valence-corrected chi connectivity index (χ3v) is 3.85. The second kappa shape index (κ2) is 7.38. The Hall–Kier alpha value is -3.16. The zero-order chi connectivity index (χ0) is 18.7. The number of aryl methyl sites for hydroxylation is 4. The standard InChI is InChI=1S/C18H20N4O4/c1-10-7-13(17-20-18(16(19)23)26-22-17)8-11(2)15(10)24-6-4-5-14-9-12(3)21-25-14/h7-9H,4-6H2,1-3H3,(H2,19,23). The maximum atomic E-state index is 11.1. The SMILES string of the molecule is Cc1cc(CCCOc2c(C)cc(-c3noc(C(N)=O)n3)cc2C)on1. The maximum absolute atomic E-state index is 11.1. The van der Waals surface area contributed by atoms with Crippen molar-refractivity contribution < 1.29 is 18.6 Å². The van der Waals surface area contributed by atoms with Gasteiger partial charge in [-0.25, -0.2) is 0 Å². The number of nitrogens with two attached hydrogens (primary N) is 1. The first-order chi connectivity index (χ1) is 12.4. The third kappa shape index (κ3) is 3.90. The zero-order valence-electron chi connectivity index (χ0n) is 14.9. The number of benzene rings is 1. The summed E-state index contributed by atoms with van der Waals surface area (Å²) in [4.78, 5) is 15.1. The molecule has 1 amide bonds. The van der Waals surface area contributed by atoms with Gasteiger partial charge in [0.1, 0.15) is 11.5 Å². The van der Waals surface area contributed by atoms with Crippen molar-refractivity contribution in [3.63, 3.8) is 0 Å². The highest BCUT2D eigenvalue weighted by atomic mass is 16.5. The summed E-state index contributed by atoms with van der Waals surface area (Å²) in [6.07, 6.45) is 1.60. The highest BCUT2D eigenvalue weighted by molar-refractivity contribution is 5.88. The van der Waals surface area contributed by atoms with E-state index >= 15 is 0 Å². The first kappa shape index (κ1) is 17.7. The molecule has 0 saturated heterocycles. The Balaban J connectivity index is 1.65. The monoisotopic (exact) mass is 356 g/mol. The third-order valence-electron chi connectivity index (χ3n) is 3.85. The van der Waals surface area contributed by atoms with Gasteiger partial charge < -0.3 is 19.5 Å². The van der Waals surface area contributed by atoms with Gasteiger partial charge in [0, 0.05) is 18.1 Å². The van der Waals surface area contributed by atoms with Crippen molar-refractivity contribution >= 4 is 5.91 Å². The Morgan fingerprint density at radius 3 is 2.42 bits per heavy atom. The molecule has 0 saturated carbocycles. The summed E-state index contributed by atoms with van der Waals surface area (Å²) in [6.45, 7) is 6.35. The fourth-order valence-corrected chi connectivity index (χ4v) is 2.70. The molecule has 0 unspecified atom stereocenters. The van der Waals surface area contributed by atoms with Gasteiger partial charge in [0.2, 0.25) is 5.82 Å². The van der Waals surface area contributed by atoms with Crippen LogP contribution in [-0.4, -0.2) is 27.8 Å². The Kier molecular flexibility index (Phi) is 5.01. The van der Waals surface area contributed by atoms with Gasteiger partial charge in [-0.3, -0.25) is 4.79 Å². The molecule has 0 aliphatic carbocycles. The van der Waals surface area contributed by atoms with E-state index in [9.17, 15) is 4.79 Å². The predicted octanol–water partition coefficient (Wildman–Crippen LogP) is 2.76. The molecule has 0 radical (unpaired) electrons. The summed E-state index contributed by atoms with van der Waals surface area (Å²) in [6, 6.07) is 5.70. The molecule has 3 rings (SSSR count). The van der Waals surface area contributed by atoms with E-state index in [1.807, 2.05) is 39.0 Å². The van der Waals surface area contributed by atoms with Gasteiger partial charge in [-0.05, 0) is 50.5 Å². The smallest absolute Gasteiger partial charge is 0.316 e. The lowest BCUT2D eigenvalue weighted by Gasteiger charge is -2.13. The van der Waals surface area contributed by atoms with Crippen molar-refractivity contribution in [3.8, 4) is 17.1 Å². The number of hydrogen-bond acceptors (Lipinski definition) is 7.